The van der Waals surface area contributed by atoms with E-state index < -0.39 is 0 Å². The molecular weight excluding hydrogens is 336 g/mol. The number of benzene rings is 2. The van der Waals surface area contributed by atoms with Gasteiger partial charge in [0.15, 0.2) is 0 Å². The minimum absolute atomic E-state index is 0.00482. The lowest BCUT2D eigenvalue weighted by molar-refractivity contribution is -0.125. The van der Waals surface area contributed by atoms with Crippen LogP contribution in [0.2, 0.25) is 0 Å². The van der Waals surface area contributed by atoms with Crippen LogP contribution in [0.1, 0.15) is 40.2 Å². The number of carbonyl (C=O) groups is 2. The monoisotopic (exact) mass is 362 g/mol. The largest absolute Gasteiger partial charge is 0.356 e. The van der Waals surface area contributed by atoms with Gasteiger partial charge in [-0.15, -0.1) is 0 Å². The number of amides is 2. The minimum Gasteiger partial charge on any atom is -0.356 e. The first kappa shape index (κ1) is 17.8. The molecule has 2 atom stereocenters. The van der Waals surface area contributed by atoms with E-state index in [1.54, 1.807) is 0 Å². The molecule has 0 unspecified atom stereocenters. The molecule has 4 nitrogen and oxygen atoms in total. The summed E-state index contributed by atoms with van der Waals surface area (Å²) in [6.45, 7) is 3.88. The molecule has 4 rings (SSSR count). The molecule has 1 aliphatic heterocycles. The second-order valence-corrected chi connectivity index (χ2v) is 7.89. The molecule has 140 valence electrons. The number of carbonyl (C=O) groups excluding carboxylic acids is 2. The van der Waals surface area contributed by atoms with Gasteiger partial charge in [-0.25, -0.2) is 0 Å². The Morgan fingerprint density at radius 1 is 1.00 bits per heavy atom. The van der Waals surface area contributed by atoms with E-state index in [-0.39, 0.29) is 23.7 Å². The van der Waals surface area contributed by atoms with Crippen LogP contribution < -0.4 is 5.32 Å². The number of rotatable bonds is 5. The fraction of sp³-hybridized carbons (Fsp3) is 0.391. The average Bonchev–Trinajstić information content (AvgIpc) is 3.43. The second kappa shape index (κ2) is 7.55. The maximum Gasteiger partial charge on any atom is 0.253 e. The van der Waals surface area contributed by atoms with Gasteiger partial charge in [-0.1, -0.05) is 48.0 Å². The number of hydrogen-bond donors (Lipinski definition) is 1. The highest BCUT2D eigenvalue weighted by molar-refractivity contribution is 5.95. The van der Waals surface area contributed by atoms with Gasteiger partial charge >= 0.3 is 0 Å². The Bertz CT molecular complexity index is 812. The molecule has 1 aliphatic carbocycles. The lowest BCUT2D eigenvalue weighted by Crippen LogP contribution is -2.36. The summed E-state index contributed by atoms with van der Waals surface area (Å²) in [6, 6.07) is 17.7. The van der Waals surface area contributed by atoms with Crippen molar-refractivity contribution in [1.82, 2.24) is 10.2 Å². The van der Waals surface area contributed by atoms with Crippen LogP contribution in [0, 0.1) is 18.8 Å². The fourth-order valence-corrected chi connectivity index (χ4v) is 3.85. The molecule has 1 heterocycles. The van der Waals surface area contributed by atoms with E-state index >= 15 is 0 Å². The van der Waals surface area contributed by atoms with Crippen LogP contribution in [0.5, 0.6) is 0 Å². The quantitative estimate of drug-likeness (QED) is 0.886. The molecule has 2 aromatic rings. The topological polar surface area (TPSA) is 49.4 Å². The van der Waals surface area contributed by atoms with Gasteiger partial charge in [-0.2, -0.15) is 0 Å². The third-order valence-electron chi connectivity index (χ3n) is 5.73. The van der Waals surface area contributed by atoms with E-state index in [4.69, 9.17) is 0 Å². The van der Waals surface area contributed by atoms with Crippen LogP contribution in [-0.4, -0.2) is 36.3 Å². The van der Waals surface area contributed by atoms with Crippen LogP contribution in [0.4, 0.5) is 0 Å². The predicted molar refractivity (Wildman–Crippen MR) is 105 cm³/mol. The van der Waals surface area contributed by atoms with Crippen molar-refractivity contribution >= 4 is 11.8 Å². The van der Waals surface area contributed by atoms with E-state index in [0.717, 1.165) is 12.1 Å². The molecule has 0 aromatic heterocycles. The van der Waals surface area contributed by atoms with Crippen LogP contribution >= 0.6 is 0 Å². The predicted octanol–water partition coefficient (Wildman–Crippen LogP) is 3.38. The Morgan fingerprint density at radius 3 is 2.37 bits per heavy atom. The molecule has 0 radical (unpaired) electrons. The molecule has 2 aromatic carbocycles. The van der Waals surface area contributed by atoms with Gasteiger partial charge in [-0.3, -0.25) is 9.59 Å². The first-order valence-corrected chi connectivity index (χ1v) is 9.80. The fourth-order valence-electron chi connectivity index (χ4n) is 3.85. The van der Waals surface area contributed by atoms with Gasteiger partial charge < -0.3 is 10.2 Å². The Kier molecular flexibility index (Phi) is 4.97. The van der Waals surface area contributed by atoms with Gasteiger partial charge in [0.25, 0.3) is 5.91 Å². The van der Waals surface area contributed by atoms with Crippen LogP contribution in [0.3, 0.4) is 0 Å². The van der Waals surface area contributed by atoms with E-state index in [0.29, 0.717) is 24.6 Å². The van der Waals surface area contributed by atoms with Gasteiger partial charge in [0.2, 0.25) is 5.91 Å². The number of nitrogens with one attached hydrogen (secondary N) is 1. The molecule has 0 bridgehead atoms. The molecule has 1 saturated heterocycles. The summed E-state index contributed by atoms with van der Waals surface area (Å²) in [4.78, 5) is 27.6. The SMILES string of the molecule is Cc1ccc([C@@H]2CN(C(=O)c3ccccc3)C[C@@H]2C(=O)NCC2CC2)cc1. The molecule has 27 heavy (non-hydrogen) atoms. The summed E-state index contributed by atoms with van der Waals surface area (Å²) in [5, 5.41) is 3.12. The highest BCUT2D eigenvalue weighted by Crippen LogP contribution is 2.34. The number of likely N-dealkylation sites (tertiary alicyclic amines) is 1. The standard InChI is InChI=1S/C23H26N2O2/c1-16-7-11-18(12-8-16)20-14-25(23(27)19-5-3-2-4-6-19)15-21(20)22(26)24-13-17-9-10-17/h2-8,11-12,17,20-21H,9-10,13-15H2,1H3,(H,24,26)/t20-,21-/m0/s1. The molecule has 0 spiro atoms. The summed E-state index contributed by atoms with van der Waals surface area (Å²) >= 11 is 0. The number of aryl methyl sites for hydroxylation is 1. The number of nitrogens with zero attached hydrogens (tertiary/aromatic N) is 1. The Hall–Kier alpha value is -2.62. The summed E-state index contributed by atoms with van der Waals surface area (Å²) in [5.41, 5.74) is 3.01. The molecule has 2 fully saturated rings. The molecular formula is C23H26N2O2. The van der Waals surface area contributed by atoms with Crippen LogP contribution in [-0.2, 0) is 4.79 Å². The average molecular weight is 362 g/mol. The van der Waals surface area contributed by atoms with Crippen LogP contribution in [0.15, 0.2) is 54.6 Å². The van der Waals surface area contributed by atoms with Crippen molar-refractivity contribution in [3.63, 3.8) is 0 Å². The van der Waals surface area contributed by atoms with Gasteiger partial charge in [0.05, 0.1) is 5.92 Å². The summed E-state index contributed by atoms with van der Waals surface area (Å²) in [7, 11) is 0. The summed E-state index contributed by atoms with van der Waals surface area (Å²) in [6.07, 6.45) is 2.43. The molecule has 1 saturated carbocycles. The molecule has 2 amide bonds. The highest BCUT2D eigenvalue weighted by Gasteiger charge is 2.40. The van der Waals surface area contributed by atoms with Crippen LogP contribution in [0.25, 0.3) is 0 Å². The zero-order chi connectivity index (χ0) is 18.8. The third-order valence-corrected chi connectivity index (χ3v) is 5.73. The lowest BCUT2D eigenvalue weighted by Gasteiger charge is -2.18. The van der Waals surface area contributed by atoms with E-state index in [1.165, 1.54) is 18.4 Å². The molecule has 1 N–H and O–H groups in total. The van der Waals surface area contributed by atoms with Crippen molar-refractivity contribution in [1.29, 1.82) is 0 Å². The Balaban J connectivity index is 1.54. The van der Waals surface area contributed by atoms with Crippen molar-refractivity contribution in [3.05, 3.63) is 71.3 Å². The number of hydrogen-bond acceptors (Lipinski definition) is 2. The first-order chi connectivity index (χ1) is 13.1. The van der Waals surface area contributed by atoms with E-state index in [9.17, 15) is 9.59 Å². The van der Waals surface area contributed by atoms with Crippen molar-refractivity contribution in [2.45, 2.75) is 25.7 Å². The van der Waals surface area contributed by atoms with E-state index in [2.05, 4.69) is 36.5 Å². The lowest BCUT2D eigenvalue weighted by atomic mass is 9.88. The van der Waals surface area contributed by atoms with Crippen molar-refractivity contribution in [2.75, 3.05) is 19.6 Å². The Labute approximate surface area is 160 Å². The van der Waals surface area contributed by atoms with Crippen molar-refractivity contribution < 1.29 is 9.59 Å². The minimum atomic E-state index is -0.195. The zero-order valence-electron chi connectivity index (χ0n) is 15.7. The van der Waals surface area contributed by atoms with Gasteiger partial charge in [0, 0.05) is 31.1 Å². The first-order valence-electron chi connectivity index (χ1n) is 9.80. The maximum absolute atomic E-state index is 12.9. The maximum atomic E-state index is 12.9. The second-order valence-electron chi connectivity index (χ2n) is 7.89. The molecule has 2 aliphatic rings. The van der Waals surface area contributed by atoms with Gasteiger partial charge in [-0.05, 0) is 43.4 Å². The van der Waals surface area contributed by atoms with Gasteiger partial charge in [0.1, 0.15) is 0 Å². The Morgan fingerprint density at radius 2 is 1.70 bits per heavy atom. The van der Waals surface area contributed by atoms with E-state index in [1.807, 2.05) is 35.2 Å². The summed E-state index contributed by atoms with van der Waals surface area (Å²) < 4.78 is 0. The third kappa shape index (κ3) is 4.05. The van der Waals surface area contributed by atoms with Crippen molar-refractivity contribution in [3.8, 4) is 0 Å². The smallest absolute Gasteiger partial charge is 0.253 e. The highest BCUT2D eigenvalue weighted by atomic mass is 16.2. The zero-order valence-corrected chi connectivity index (χ0v) is 15.7. The molecule has 4 heteroatoms. The van der Waals surface area contributed by atoms with Crippen molar-refractivity contribution in [2.24, 2.45) is 11.8 Å². The summed E-state index contributed by atoms with van der Waals surface area (Å²) in [5.74, 6) is 0.577. The normalized spacial score (nSPS) is 21.9.